The number of para-hydroxylation sites is 1. The van der Waals surface area contributed by atoms with Crippen LogP contribution < -0.4 is 5.32 Å². The van der Waals surface area contributed by atoms with E-state index in [1.807, 2.05) is 41.8 Å². The van der Waals surface area contributed by atoms with Crippen LogP contribution in [0.4, 0.5) is 10.1 Å². The predicted molar refractivity (Wildman–Crippen MR) is 99.4 cm³/mol. The number of pyridine rings is 1. The lowest BCUT2D eigenvalue weighted by atomic mass is 10.1. The monoisotopic (exact) mass is 348 g/mol. The Kier molecular flexibility index (Phi) is 3.99. The van der Waals surface area contributed by atoms with Crippen LogP contribution in [0.25, 0.3) is 22.0 Å². The first-order valence-corrected chi connectivity index (χ1v) is 8.58. The molecule has 5 heteroatoms. The van der Waals surface area contributed by atoms with E-state index in [1.165, 1.54) is 23.5 Å². The van der Waals surface area contributed by atoms with Crippen molar-refractivity contribution in [3.8, 4) is 11.1 Å². The number of hydrogen-bond acceptors (Lipinski definition) is 3. The van der Waals surface area contributed by atoms with E-state index in [0.717, 1.165) is 22.0 Å². The van der Waals surface area contributed by atoms with Gasteiger partial charge in [-0.2, -0.15) is 0 Å². The molecule has 0 saturated carbocycles. The topological polar surface area (TPSA) is 42.0 Å². The third-order valence-electron chi connectivity index (χ3n) is 3.88. The molecule has 0 saturated heterocycles. The fourth-order valence-corrected chi connectivity index (χ4v) is 3.48. The molecule has 25 heavy (non-hydrogen) atoms. The minimum Gasteiger partial charge on any atom is -0.320 e. The van der Waals surface area contributed by atoms with Gasteiger partial charge in [-0.15, -0.1) is 11.3 Å². The fourth-order valence-electron chi connectivity index (χ4n) is 2.67. The maximum absolute atomic E-state index is 13.1. The lowest BCUT2D eigenvalue weighted by Gasteiger charge is -2.07. The van der Waals surface area contributed by atoms with Crippen LogP contribution in [0.1, 0.15) is 9.67 Å². The molecule has 0 unspecified atom stereocenters. The SMILES string of the molecule is O=C(Nc1cnc2ccccc2c1)c1sccc1-c1ccc(F)cc1. The van der Waals surface area contributed by atoms with Gasteiger partial charge < -0.3 is 5.32 Å². The van der Waals surface area contributed by atoms with Gasteiger partial charge in [-0.3, -0.25) is 9.78 Å². The molecule has 0 fully saturated rings. The molecule has 4 aromatic rings. The van der Waals surface area contributed by atoms with Gasteiger partial charge in [0.2, 0.25) is 0 Å². The Morgan fingerprint density at radius 1 is 1.04 bits per heavy atom. The second kappa shape index (κ2) is 6.45. The summed E-state index contributed by atoms with van der Waals surface area (Å²) in [6.45, 7) is 0. The van der Waals surface area contributed by atoms with Gasteiger partial charge in [0.05, 0.1) is 22.3 Å². The van der Waals surface area contributed by atoms with Crippen molar-refractivity contribution in [2.75, 3.05) is 5.32 Å². The van der Waals surface area contributed by atoms with Crippen molar-refractivity contribution in [2.24, 2.45) is 0 Å². The van der Waals surface area contributed by atoms with Gasteiger partial charge in [0.15, 0.2) is 0 Å². The van der Waals surface area contributed by atoms with Gasteiger partial charge in [-0.25, -0.2) is 4.39 Å². The third-order valence-corrected chi connectivity index (χ3v) is 4.79. The Labute approximate surface area is 147 Å². The summed E-state index contributed by atoms with van der Waals surface area (Å²) in [4.78, 5) is 17.6. The number of carbonyl (C=O) groups is 1. The lowest BCUT2D eigenvalue weighted by Crippen LogP contribution is -2.11. The van der Waals surface area contributed by atoms with Crippen molar-refractivity contribution < 1.29 is 9.18 Å². The van der Waals surface area contributed by atoms with Crippen molar-refractivity contribution in [3.05, 3.63) is 82.9 Å². The molecular formula is C20H13FN2OS. The summed E-state index contributed by atoms with van der Waals surface area (Å²) in [5.74, 6) is -0.501. The Hall–Kier alpha value is -3.05. The molecule has 2 heterocycles. The van der Waals surface area contributed by atoms with E-state index >= 15 is 0 Å². The van der Waals surface area contributed by atoms with Gasteiger partial charge in [0.1, 0.15) is 5.82 Å². The molecule has 0 bridgehead atoms. The maximum Gasteiger partial charge on any atom is 0.266 e. The van der Waals surface area contributed by atoms with E-state index in [4.69, 9.17) is 0 Å². The van der Waals surface area contributed by atoms with Gasteiger partial charge in [-0.1, -0.05) is 30.3 Å². The highest BCUT2D eigenvalue weighted by atomic mass is 32.1. The number of carbonyl (C=O) groups excluding carboxylic acids is 1. The standard InChI is InChI=1S/C20H13FN2OS/c21-15-7-5-13(6-8-15)17-9-10-25-19(17)20(24)23-16-11-14-3-1-2-4-18(14)22-12-16/h1-12H,(H,23,24). The van der Waals surface area contributed by atoms with Gasteiger partial charge in [-0.05, 0) is 41.3 Å². The Morgan fingerprint density at radius 2 is 1.84 bits per heavy atom. The second-order valence-electron chi connectivity index (χ2n) is 5.54. The maximum atomic E-state index is 13.1. The molecule has 3 nitrogen and oxygen atoms in total. The Bertz CT molecular complexity index is 1060. The number of nitrogens with zero attached hydrogens (tertiary/aromatic N) is 1. The second-order valence-corrected chi connectivity index (χ2v) is 6.46. The predicted octanol–water partition coefficient (Wildman–Crippen LogP) is 5.35. The molecular weight excluding hydrogens is 335 g/mol. The summed E-state index contributed by atoms with van der Waals surface area (Å²) < 4.78 is 13.1. The zero-order valence-electron chi connectivity index (χ0n) is 13.1. The molecule has 2 aromatic heterocycles. The van der Waals surface area contributed by atoms with Crippen molar-refractivity contribution in [1.29, 1.82) is 0 Å². The minimum atomic E-state index is -0.299. The normalized spacial score (nSPS) is 10.8. The Morgan fingerprint density at radius 3 is 2.68 bits per heavy atom. The van der Waals surface area contributed by atoms with E-state index in [9.17, 15) is 9.18 Å². The number of nitrogens with one attached hydrogen (secondary N) is 1. The summed E-state index contributed by atoms with van der Waals surface area (Å²) in [5, 5.41) is 5.71. The summed E-state index contributed by atoms with van der Waals surface area (Å²) in [6.07, 6.45) is 1.64. The zero-order valence-corrected chi connectivity index (χ0v) is 13.9. The van der Waals surface area contributed by atoms with Crippen LogP contribution in [0, 0.1) is 5.82 Å². The highest BCUT2D eigenvalue weighted by Crippen LogP contribution is 2.29. The number of thiophene rings is 1. The van der Waals surface area contributed by atoms with E-state index < -0.39 is 0 Å². The van der Waals surface area contributed by atoms with E-state index in [0.29, 0.717) is 10.6 Å². The average Bonchev–Trinajstić information content (AvgIpc) is 3.12. The molecule has 0 spiro atoms. The first kappa shape index (κ1) is 15.5. The van der Waals surface area contributed by atoms with Crippen LogP contribution in [0.15, 0.2) is 72.2 Å². The molecule has 1 amide bonds. The summed E-state index contributed by atoms with van der Waals surface area (Å²) in [7, 11) is 0. The molecule has 0 aliphatic carbocycles. The number of amides is 1. The quantitative estimate of drug-likeness (QED) is 0.542. The molecule has 0 atom stereocenters. The number of fused-ring (bicyclic) bond motifs is 1. The first-order chi connectivity index (χ1) is 12.2. The zero-order chi connectivity index (χ0) is 17.2. The highest BCUT2D eigenvalue weighted by molar-refractivity contribution is 7.12. The average molecular weight is 348 g/mol. The van der Waals surface area contributed by atoms with Crippen LogP contribution >= 0.6 is 11.3 Å². The van der Waals surface area contributed by atoms with Crippen LogP contribution in [0.5, 0.6) is 0 Å². The van der Waals surface area contributed by atoms with E-state index in [1.54, 1.807) is 18.3 Å². The van der Waals surface area contributed by atoms with Crippen LogP contribution in [0.3, 0.4) is 0 Å². The molecule has 0 aliphatic heterocycles. The van der Waals surface area contributed by atoms with Gasteiger partial charge in [0.25, 0.3) is 5.91 Å². The molecule has 0 radical (unpaired) electrons. The molecule has 4 rings (SSSR count). The van der Waals surface area contributed by atoms with Crippen molar-refractivity contribution in [2.45, 2.75) is 0 Å². The van der Waals surface area contributed by atoms with Crippen LogP contribution in [-0.2, 0) is 0 Å². The van der Waals surface area contributed by atoms with Crippen molar-refractivity contribution in [3.63, 3.8) is 0 Å². The molecule has 122 valence electrons. The van der Waals surface area contributed by atoms with Crippen molar-refractivity contribution in [1.82, 2.24) is 4.98 Å². The number of anilines is 1. The minimum absolute atomic E-state index is 0.202. The van der Waals surface area contributed by atoms with Gasteiger partial charge >= 0.3 is 0 Å². The van der Waals surface area contributed by atoms with Crippen LogP contribution in [-0.4, -0.2) is 10.9 Å². The molecule has 0 aliphatic rings. The number of halogens is 1. The van der Waals surface area contributed by atoms with Crippen LogP contribution in [0.2, 0.25) is 0 Å². The summed E-state index contributed by atoms with van der Waals surface area (Å²) in [5.41, 5.74) is 3.12. The van der Waals surface area contributed by atoms with E-state index in [-0.39, 0.29) is 11.7 Å². The van der Waals surface area contributed by atoms with E-state index in [2.05, 4.69) is 10.3 Å². The molecule has 1 N–H and O–H groups in total. The number of hydrogen-bond donors (Lipinski definition) is 1. The fraction of sp³-hybridized carbons (Fsp3) is 0. The van der Waals surface area contributed by atoms with Crippen molar-refractivity contribution >= 4 is 33.8 Å². The third kappa shape index (κ3) is 3.14. The van der Waals surface area contributed by atoms with Gasteiger partial charge in [0, 0.05) is 10.9 Å². The number of benzene rings is 2. The Balaban J connectivity index is 1.63. The lowest BCUT2D eigenvalue weighted by molar-refractivity contribution is 0.103. The number of aromatic nitrogens is 1. The largest absolute Gasteiger partial charge is 0.320 e. The highest BCUT2D eigenvalue weighted by Gasteiger charge is 2.15. The molecule has 2 aromatic carbocycles. The number of rotatable bonds is 3. The smallest absolute Gasteiger partial charge is 0.266 e. The summed E-state index contributed by atoms with van der Waals surface area (Å²) in [6, 6.07) is 17.6. The summed E-state index contributed by atoms with van der Waals surface area (Å²) >= 11 is 1.35. The first-order valence-electron chi connectivity index (χ1n) is 7.70.